The molecule has 22 heavy (non-hydrogen) atoms. The predicted molar refractivity (Wildman–Crippen MR) is 82.8 cm³/mol. The van der Waals surface area contributed by atoms with Gasteiger partial charge >= 0.3 is 6.36 Å². The smallest absolute Gasteiger partial charge is 0.405 e. The van der Waals surface area contributed by atoms with Crippen LogP contribution in [0.5, 0.6) is 5.75 Å². The molecule has 2 rings (SSSR count). The van der Waals surface area contributed by atoms with Gasteiger partial charge in [0.1, 0.15) is 5.75 Å². The molecule has 0 saturated carbocycles. The Kier molecular flexibility index (Phi) is 5.88. The van der Waals surface area contributed by atoms with E-state index in [0.717, 1.165) is 30.7 Å². The summed E-state index contributed by atoms with van der Waals surface area (Å²) in [6.45, 7) is 6.91. The number of piperazine rings is 1. The van der Waals surface area contributed by atoms with Crippen LogP contribution in [-0.4, -0.2) is 37.4 Å². The number of alkyl halides is 3. The maximum atomic E-state index is 12.6. The van der Waals surface area contributed by atoms with Crippen LogP contribution in [0.3, 0.4) is 0 Å². The first-order valence-corrected chi connectivity index (χ1v) is 7.81. The number of hydrogen-bond acceptors (Lipinski definition) is 3. The molecule has 0 radical (unpaired) electrons. The van der Waals surface area contributed by atoms with Crippen molar-refractivity contribution in [2.45, 2.75) is 18.8 Å². The Bertz CT molecular complexity index is 516. The minimum Gasteiger partial charge on any atom is -0.405 e. The molecular weight excluding hydrogens is 361 g/mol. The van der Waals surface area contributed by atoms with Gasteiger partial charge in [0.15, 0.2) is 0 Å². The van der Waals surface area contributed by atoms with Crippen molar-refractivity contribution in [2.24, 2.45) is 0 Å². The Hall–Kier alpha value is -1.05. The van der Waals surface area contributed by atoms with Gasteiger partial charge in [0.05, 0.1) is 0 Å². The Morgan fingerprint density at radius 3 is 2.64 bits per heavy atom. The average molecular weight is 379 g/mol. The highest BCUT2D eigenvalue weighted by atomic mass is 79.9. The van der Waals surface area contributed by atoms with Gasteiger partial charge in [-0.15, -0.1) is 19.8 Å². The standard InChI is InChI=1S/C15H18BrF3N2O/c1-2-3-13(21-8-6-20-7-9-21)12-10-11(16)4-5-14(12)22-15(17,18)19/h2,4-5,10,13,20H,1,3,6-9H2/t13-/m1/s1. The molecule has 0 unspecified atom stereocenters. The van der Waals surface area contributed by atoms with E-state index in [0.29, 0.717) is 12.0 Å². The molecule has 1 aliphatic heterocycles. The first-order valence-electron chi connectivity index (χ1n) is 7.01. The molecule has 1 saturated heterocycles. The van der Waals surface area contributed by atoms with E-state index in [1.54, 1.807) is 18.2 Å². The number of benzene rings is 1. The topological polar surface area (TPSA) is 24.5 Å². The third kappa shape index (κ3) is 4.72. The second-order valence-electron chi connectivity index (χ2n) is 5.06. The van der Waals surface area contributed by atoms with Gasteiger partial charge in [-0.25, -0.2) is 0 Å². The van der Waals surface area contributed by atoms with Gasteiger partial charge in [0.2, 0.25) is 0 Å². The highest BCUT2D eigenvalue weighted by Gasteiger charge is 2.34. The molecule has 0 amide bonds. The molecular formula is C15H18BrF3N2O. The molecule has 1 aromatic carbocycles. The fourth-order valence-electron chi connectivity index (χ4n) is 2.62. The summed E-state index contributed by atoms with van der Waals surface area (Å²) in [5.41, 5.74) is 0.522. The first-order chi connectivity index (χ1) is 10.4. The summed E-state index contributed by atoms with van der Waals surface area (Å²) in [5, 5.41) is 3.24. The normalized spacial score (nSPS) is 18.0. The number of rotatable bonds is 5. The van der Waals surface area contributed by atoms with Gasteiger partial charge in [0, 0.05) is 42.3 Å². The fraction of sp³-hybridized carbons (Fsp3) is 0.467. The van der Waals surface area contributed by atoms with Crippen LogP contribution in [0, 0.1) is 0 Å². The molecule has 1 fully saturated rings. The maximum absolute atomic E-state index is 12.6. The summed E-state index contributed by atoms with van der Waals surface area (Å²) in [4.78, 5) is 2.16. The van der Waals surface area contributed by atoms with Crippen LogP contribution in [0.15, 0.2) is 35.3 Å². The van der Waals surface area contributed by atoms with Crippen LogP contribution >= 0.6 is 15.9 Å². The van der Waals surface area contributed by atoms with Crippen LogP contribution in [0.1, 0.15) is 18.0 Å². The van der Waals surface area contributed by atoms with Crippen molar-refractivity contribution in [3.05, 3.63) is 40.9 Å². The summed E-state index contributed by atoms with van der Waals surface area (Å²) in [6.07, 6.45) is -2.42. The van der Waals surface area contributed by atoms with Crippen molar-refractivity contribution in [3.8, 4) is 5.75 Å². The molecule has 1 N–H and O–H groups in total. The van der Waals surface area contributed by atoms with E-state index in [1.807, 2.05) is 0 Å². The quantitative estimate of drug-likeness (QED) is 0.787. The van der Waals surface area contributed by atoms with Crippen molar-refractivity contribution >= 4 is 15.9 Å². The van der Waals surface area contributed by atoms with E-state index in [4.69, 9.17) is 0 Å². The lowest BCUT2D eigenvalue weighted by Gasteiger charge is -2.35. The second-order valence-corrected chi connectivity index (χ2v) is 5.97. The van der Waals surface area contributed by atoms with Gasteiger partial charge < -0.3 is 10.1 Å². The van der Waals surface area contributed by atoms with Crippen molar-refractivity contribution in [1.29, 1.82) is 0 Å². The summed E-state index contributed by atoms with van der Waals surface area (Å²) >= 11 is 3.33. The lowest BCUT2D eigenvalue weighted by Crippen LogP contribution is -2.45. The van der Waals surface area contributed by atoms with E-state index < -0.39 is 6.36 Å². The molecule has 1 heterocycles. The van der Waals surface area contributed by atoms with Gasteiger partial charge in [-0.05, 0) is 24.6 Å². The third-order valence-corrected chi connectivity index (χ3v) is 4.03. The molecule has 0 bridgehead atoms. The van der Waals surface area contributed by atoms with Gasteiger partial charge in [0.25, 0.3) is 0 Å². The Morgan fingerprint density at radius 1 is 1.36 bits per heavy atom. The fourth-order valence-corrected chi connectivity index (χ4v) is 3.00. The summed E-state index contributed by atoms with van der Waals surface area (Å²) < 4.78 is 42.8. The molecule has 0 aromatic heterocycles. The second kappa shape index (κ2) is 7.48. The SMILES string of the molecule is C=CC[C@H](c1cc(Br)ccc1OC(F)(F)F)N1CCNCC1. The lowest BCUT2D eigenvalue weighted by atomic mass is 10.00. The number of hydrogen-bond donors (Lipinski definition) is 1. The van der Waals surface area contributed by atoms with Crippen LogP contribution in [0.25, 0.3) is 0 Å². The van der Waals surface area contributed by atoms with Crippen LogP contribution in [0.4, 0.5) is 13.2 Å². The minimum atomic E-state index is -4.70. The molecule has 7 heteroatoms. The zero-order valence-corrected chi connectivity index (χ0v) is 13.6. The highest BCUT2D eigenvalue weighted by molar-refractivity contribution is 9.10. The van der Waals surface area contributed by atoms with Crippen LogP contribution in [0.2, 0.25) is 0 Å². The minimum absolute atomic E-state index is 0.152. The monoisotopic (exact) mass is 378 g/mol. The zero-order chi connectivity index (χ0) is 16.2. The largest absolute Gasteiger partial charge is 0.573 e. The summed E-state index contributed by atoms with van der Waals surface area (Å²) in [6, 6.07) is 4.41. The van der Waals surface area contributed by atoms with Crippen molar-refractivity contribution in [3.63, 3.8) is 0 Å². The zero-order valence-electron chi connectivity index (χ0n) is 12.0. The Labute approximate surface area is 136 Å². The van der Waals surface area contributed by atoms with Crippen molar-refractivity contribution < 1.29 is 17.9 Å². The van der Waals surface area contributed by atoms with E-state index in [2.05, 4.69) is 37.5 Å². The lowest BCUT2D eigenvalue weighted by molar-refractivity contribution is -0.275. The Balaban J connectivity index is 2.35. The van der Waals surface area contributed by atoms with E-state index in [9.17, 15) is 13.2 Å². The molecule has 3 nitrogen and oxygen atoms in total. The molecule has 122 valence electrons. The highest BCUT2D eigenvalue weighted by Crippen LogP contribution is 2.37. The van der Waals surface area contributed by atoms with Gasteiger partial charge in [-0.1, -0.05) is 22.0 Å². The van der Waals surface area contributed by atoms with Crippen molar-refractivity contribution in [1.82, 2.24) is 10.2 Å². The van der Waals surface area contributed by atoms with E-state index in [1.165, 1.54) is 6.07 Å². The predicted octanol–water partition coefficient (Wildman–Crippen LogP) is 3.87. The number of halogens is 4. The molecule has 1 aliphatic rings. The van der Waals surface area contributed by atoms with E-state index >= 15 is 0 Å². The number of nitrogens with one attached hydrogen (secondary N) is 1. The Morgan fingerprint density at radius 2 is 2.05 bits per heavy atom. The van der Waals surface area contributed by atoms with Crippen LogP contribution < -0.4 is 10.1 Å². The number of ether oxygens (including phenoxy) is 1. The maximum Gasteiger partial charge on any atom is 0.573 e. The number of nitrogens with zero attached hydrogens (tertiary/aromatic N) is 1. The van der Waals surface area contributed by atoms with E-state index in [-0.39, 0.29) is 11.8 Å². The van der Waals surface area contributed by atoms with Gasteiger partial charge in [-0.2, -0.15) is 0 Å². The van der Waals surface area contributed by atoms with Crippen molar-refractivity contribution in [2.75, 3.05) is 26.2 Å². The molecule has 0 aliphatic carbocycles. The summed E-state index contributed by atoms with van der Waals surface area (Å²) in [5.74, 6) is -0.152. The van der Waals surface area contributed by atoms with Gasteiger partial charge in [-0.3, -0.25) is 4.90 Å². The average Bonchev–Trinajstić information content (AvgIpc) is 2.46. The summed E-state index contributed by atoms with van der Waals surface area (Å²) in [7, 11) is 0. The first kappa shape index (κ1) is 17.3. The van der Waals surface area contributed by atoms with Crippen LogP contribution in [-0.2, 0) is 0 Å². The molecule has 1 aromatic rings. The molecule has 1 atom stereocenters. The molecule has 0 spiro atoms. The third-order valence-electron chi connectivity index (χ3n) is 3.54.